The number of hydrogen-bond donors (Lipinski definition) is 2. The van der Waals surface area contributed by atoms with Gasteiger partial charge in [0.2, 0.25) is 0 Å². The van der Waals surface area contributed by atoms with Crippen LogP contribution in [0.15, 0.2) is 133 Å². The molecule has 4 rings (SSSR count). The lowest BCUT2D eigenvalue weighted by Crippen LogP contribution is -1.92. The number of rotatable bonds is 6. The minimum Gasteiger partial charge on any atom is -0.326 e. The molecule has 0 aliphatic heterocycles. The van der Waals surface area contributed by atoms with E-state index in [1.54, 1.807) is 12.2 Å². The van der Waals surface area contributed by atoms with Gasteiger partial charge in [0.25, 0.3) is 0 Å². The van der Waals surface area contributed by atoms with Crippen LogP contribution in [0.5, 0.6) is 0 Å². The van der Waals surface area contributed by atoms with Crippen molar-refractivity contribution in [2.24, 2.45) is 0 Å². The maximum absolute atomic E-state index is 11.7. The van der Waals surface area contributed by atoms with E-state index in [-0.39, 0.29) is 11.6 Å². The summed E-state index contributed by atoms with van der Waals surface area (Å²) in [6, 6.07) is 38.1. The van der Waals surface area contributed by atoms with Crippen LogP contribution in [-0.4, -0.2) is 21.4 Å². The monoisotopic (exact) mass is 498 g/mol. The normalized spacial score (nSPS) is 10.3. The Bertz CT molecular complexity index is 1170. The molecular weight excluding hydrogens is 471 g/mol. The number of carbonyl (C=O) groups excluding carboxylic acids is 2. The molecule has 0 heterocycles. The van der Waals surface area contributed by atoms with Gasteiger partial charge in [-0.3, -0.25) is 14.2 Å². The van der Waals surface area contributed by atoms with E-state index in [4.69, 9.17) is 14.4 Å². The molecule has 4 aromatic rings. The third-order valence-electron chi connectivity index (χ3n) is 4.57. The number of hydrogen-bond acceptors (Lipinski definition) is 3. The SMILES string of the molecule is O=C(/C=C/c1ccccc1)c1ccccc1.O=C(/C=C/c1ccccc1)c1ccccc1.O=[PH](O)O. The molecule has 0 amide bonds. The largest absolute Gasteiger partial charge is 0.326 e. The molecule has 0 saturated heterocycles. The average Bonchev–Trinajstić information content (AvgIpc) is 2.92. The van der Waals surface area contributed by atoms with Gasteiger partial charge in [0.1, 0.15) is 0 Å². The van der Waals surface area contributed by atoms with Crippen LogP contribution in [0.3, 0.4) is 0 Å². The van der Waals surface area contributed by atoms with E-state index in [0.717, 1.165) is 22.3 Å². The van der Waals surface area contributed by atoms with Crippen molar-refractivity contribution in [3.63, 3.8) is 0 Å². The molecule has 6 heteroatoms. The van der Waals surface area contributed by atoms with E-state index in [2.05, 4.69) is 0 Å². The molecule has 2 N–H and O–H groups in total. The Morgan fingerprint density at radius 2 is 0.750 bits per heavy atom. The first-order valence-corrected chi connectivity index (χ1v) is 12.3. The molecule has 0 aromatic heterocycles. The standard InChI is InChI=1S/2C15H12O.H3O3P/c2*16-15(14-9-5-2-6-10-14)12-11-13-7-3-1-4-8-13;1-4(2)3/h2*1-12H;4H,(H2,1,2,3)/b2*12-11+;. The zero-order valence-corrected chi connectivity index (χ0v) is 20.5. The zero-order valence-electron chi connectivity index (χ0n) is 19.5. The van der Waals surface area contributed by atoms with Crippen LogP contribution >= 0.6 is 8.25 Å². The number of allylic oxidation sites excluding steroid dienone is 2. The summed E-state index contributed by atoms with van der Waals surface area (Å²) in [6.45, 7) is 0. The van der Waals surface area contributed by atoms with Crippen LogP contribution in [0.2, 0.25) is 0 Å². The third kappa shape index (κ3) is 11.8. The average molecular weight is 499 g/mol. The van der Waals surface area contributed by atoms with Crippen LogP contribution in [0.1, 0.15) is 31.8 Å². The summed E-state index contributed by atoms with van der Waals surface area (Å²) in [5.74, 6) is 0.0638. The fourth-order valence-corrected chi connectivity index (χ4v) is 2.87. The Labute approximate surface area is 211 Å². The lowest BCUT2D eigenvalue weighted by molar-refractivity contribution is 0.103. The van der Waals surface area contributed by atoms with E-state index in [1.807, 2.05) is 133 Å². The van der Waals surface area contributed by atoms with Gasteiger partial charge in [-0.05, 0) is 23.3 Å². The van der Waals surface area contributed by atoms with Crippen LogP contribution in [0.4, 0.5) is 0 Å². The highest BCUT2D eigenvalue weighted by atomic mass is 31.1. The molecule has 0 bridgehead atoms. The predicted molar refractivity (Wildman–Crippen MR) is 146 cm³/mol. The van der Waals surface area contributed by atoms with E-state index in [1.165, 1.54) is 0 Å². The predicted octanol–water partition coefficient (Wildman–Crippen LogP) is 6.53. The van der Waals surface area contributed by atoms with Gasteiger partial charge in [0, 0.05) is 11.1 Å². The van der Waals surface area contributed by atoms with E-state index in [0.29, 0.717) is 0 Å². The molecular formula is C30H27O5P. The molecule has 5 nitrogen and oxygen atoms in total. The van der Waals surface area contributed by atoms with Crippen molar-refractivity contribution in [3.8, 4) is 0 Å². The fourth-order valence-electron chi connectivity index (χ4n) is 2.87. The summed E-state index contributed by atoms with van der Waals surface area (Å²) in [4.78, 5) is 37.8. The summed E-state index contributed by atoms with van der Waals surface area (Å²) < 4.78 is 8.74. The summed E-state index contributed by atoms with van der Waals surface area (Å²) in [5, 5.41) is 0. The van der Waals surface area contributed by atoms with Crippen molar-refractivity contribution < 1.29 is 23.9 Å². The van der Waals surface area contributed by atoms with Gasteiger partial charge in [-0.25, -0.2) is 0 Å². The molecule has 36 heavy (non-hydrogen) atoms. The first-order valence-electron chi connectivity index (χ1n) is 11.0. The molecule has 0 unspecified atom stereocenters. The van der Waals surface area contributed by atoms with Gasteiger partial charge in [-0.1, -0.05) is 133 Å². The van der Waals surface area contributed by atoms with E-state index >= 15 is 0 Å². The Hall–Kier alpha value is -4.15. The molecule has 0 aliphatic carbocycles. The van der Waals surface area contributed by atoms with Crippen molar-refractivity contribution >= 4 is 32.0 Å². The Kier molecular flexibility index (Phi) is 12.9. The summed E-state index contributed by atoms with van der Waals surface area (Å²) in [7, 11) is -3.13. The smallest absolute Gasteiger partial charge is 0.314 e. The van der Waals surface area contributed by atoms with Crippen LogP contribution in [0, 0.1) is 0 Å². The highest BCUT2D eigenvalue weighted by Gasteiger charge is 1.99. The topological polar surface area (TPSA) is 91.7 Å². The van der Waals surface area contributed by atoms with E-state index in [9.17, 15) is 9.59 Å². The Balaban J connectivity index is 0.000000221. The first-order chi connectivity index (χ1) is 17.5. The molecule has 0 saturated carbocycles. The minimum atomic E-state index is -3.13. The molecule has 0 atom stereocenters. The lowest BCUT2D eigenvalue weighted by Gasteiger charge is -1.94. The van der Waals surface area contributed by atoms with Crippen LogP contribution in [-0.2, 0) is 4.57 Å². The zero-order chi connectivity index (χ0) is 26.0. The van der Waals surface area contributed by atoms with Crippen LogP contribution < -0.4 is 0 Å². The second-order valence-electron chi connectivity index (χ2n) is 7.23. The molecule has 182 valence electrons. The van der Waals surface area contributed by atoms with Crippen molar-refractivity contribution in [2.75, 3.05) is 0 Å². The Morgan fingerprint density at radius 3 is 1.03 bits per heavy atom. The van der Waals surface area contributed by atoms with Gasteiger partial charge in [-0.2, -0.15) is 0 Å². The van der Waals surface area contributed by atoms with Gasteiger partial charge in [0.15, 0.2) is 11.6 Å². The summed E-state index contributed by atoms with van der Waals surface area (Å²) in [5.41, 5.74) is 3.50. The van der Waals surface area contributed by atoms with Crippen molar-refractivity contribution in [1.82, 2.24) is 0 Å². The van der Waals surface area contributed by atoms with Crippen molar-refractivity contribution in [1.29, 1.82) is 0 Å². The number of ketones is 2. The fraction of sp³-hybridized carbons (Fsp3) is 0. The first kappa shape index (κ1) is 28.1. The number of carbonyl (C=O) groups is 2. The summed E-state index contributed by atoms with van der Waals surface area (Å²) >= 11 is 0. The summed E-state index contributed by atoms with van der Waals surface area (Å²) in [6.07, 6.45) is 6.86. The van der Waals surface area contributed by atoms with Gasteiger partial charge in [-0.15, -0.1) is 0 Å². The highest BCUT2D eigenvalue weighted by molar-refractivity contribution is 7.30. The van der Waals surface area contributed by atoms with Crippen molar-refractivity contribution in [2.45, 2.75) is 0 Å². The molecule has 4 aromatic carbocycles. The third-order valence-corrected chi connectivity index (χ3v) is 4.57. The molecule has 0 fully saturated rings. The van der Waals surface area contributed by atoms with Crippen LogP contribution in [0.25, 0.3) is 12.2 Å². The lowest BCUT2D eigenvalue weighted by atomic mass is 10.1. The van der Waals surface area contributed by atoms with Gasteiger partial charge >= 0.3 is 8.25 Å². The minimum absolute atomic E-state index is 0.0319. The van der Waals surface area contributed by atoms with Crippen molar-refractivity contribution in [3.05, 3.63) is 156 Å². The second-order valence-corrected chi connectivity index (χ2v) is 7.80. The Morgan fingerprint density at radius 1 is 0.500 bits per heavy atom. The quantitative estimate of drug-likeness (QED) is 0.179. The van der Waals surface area contributed by atoms with E-state index < -0.39 is 8.25 Å². The highest BCUT2D eigenvalue weighted by Crippen LogP contribution is 2.06. The maximum atomic E-state index is 11.7. The van der Waals surface area contributed by atoms with Gasteiger partial charge in [0.05, 0.1) is 0 Å². The second kappa shape index (κ2) is 16.5. The van der Waals surface area contributed by atoms with Gasteiger partial charge < -0.3 is 9.79 Å². The maximum Gasteiger partial charge on any atom is 0.314 e. The molecule has 0 radical (unpaired) electrons. The molecule has 0 aliphatic rings. The number of benzene rings is 4. The molecule has 0 spiro atoms.